The quantitative estimate of drug-likeness (QED) is 0.782. The number of aryl methyl sites for hydroxylation is 1. The summed E-state index contributed by atoms with van der Waals surface area (Å²) in [6.45, 7) is 0. The molecule has 0 aromatic heterocycles. The summed E-state index contributed by atoms with van der Waals surface area (Å²) in [4.78, 5) is 23.4. The first-order valence-electron chi connectivity index (χ1n) is 6.45. The molecular formula is C14H16N2O4. The third kappa shape index (κ3) is 1.79. The number of fused-ring (bicyclic) bond motifs is 1. The maximum absolute atomic E-state index is 12.0. The molecule has 20 heavy (non-hydrogen) atoms. The fourth-order valence-electron chi connectivity index (χ4n) is 2.95. The van der Waals surface area contributed by atoms with Crippen molar-refractivity contribution in [3.05, 3.63) is 23.3 Å². The zero-order valence-electron chi connectivity index (χ0n) is 11.4. The fourth-order valence-corrected chi connectivity index (χ4v) is 2.95. The molecule has 1 aliphatic carbocycles. The third-order valence-electron chi connectivity index (χ3n) is 4.03. The summed E-state index contributed by atoms with van der Waals surface area (Å²) in [5.41, 5.74) is 1.32. The molecule has 0 saturated carbocycles. The number of imide groups is 1. The molecular weight excluding hydrogens is 260 g/mol. The normalized spacial score (nSPS) is 24.1. The highest BCUT2D eigenvalue weighted by Crippen LogP contribution is 2.37. The van der Waals surface area contributed by atoms with E-state index in [0.29, 0.717) is 30.8 Å². The van der Waals surface area contributed by atoms with Crippen LogP contribution in [0.15, 0.2) is 12.1 Å². The van der Waals surface area contributed by atoms with Crippen molar-refractivity contribution >= 4 is 11.9 Å². The molecule has 0 radical (unpaired) electrons. The molecule has 1 aromatic rings. The van der Waals surface area contributed by atoms with Crippen molar-refractivity contribution in [1.29, 1.82) is 0 Å². The average molecular weight is 276 g/mol. The van der Waals surface area contributed by atoms with Crippen molar-refractivity contribution in [1.82, 2.24) is 10.6 Å². The molecule has 6 nitrogen and oxygen atoms in total. The minimum absolute atomic E-state index is 0.247. The first kappa shape index (κ1) is 12.8. The van der Waals surface area contributed by atoms with Crippen LogP contribution in [0.4, 0.5) is 4.79 Å². The van der Waals surface area contributed by atoms with E-state index in [-0.39, 0.29) is 5.91 Å². The van der Waals surface area contributed by atoms with Gasteiger partial charge in [-0.3, -0.25) is 10.1 Å². The number of amides is 3. The molecule has 1 aromatic carbocycles. The van der Waals surface area contributed by atoms with Crippen molar-refractivity contribution in [3.63, 3.8) is 0 Å². The summed E-state index contributed by atoms with van der Waals surface area (Å²) >= 11 is 0. The predicted octanol–water partition coefficient (Wildman–Crippen LogP) is 0.771. The number of methoxy groups -OCH3 is 2. The van der Waals surface area contributed by atoms with Crippen molar-refractivity contribution < 1.29 is 19.1 Å². The minimum Gasteiger partial charge on any atom is -0.493 e. The third-order valence-corrected chi connectivity index (χ3v) is 4.03. The molecule has 1 heterocycles. The van der Waals surface area contributed by atoms with Gasteiger partial charge in [0.15, 0.2) is 11.5 Å². The number of urea groups is 1. The van der Waals surface area contributed by atoms with Crippen molar-refractivity contribution in [3.8, 4) is 11.5 Å². The highest BCUT2D eigenvalue weighted by atomic mass is 16.5. The number of rotatable bonds is 2. The van der Waals surface area contributed by atoms with Gasteiger partial charge in [0.25, 0.3) is 5.91 Å². The average Bonchev–Trinajstić information content (AvgIpc) is 2.71. The van der Waals surface area contributed by atoms with Gasteiger partial charge in [-0.2, -0.15) is 0 Å². The van der Waals surface area contributed by atoms with E-state index in [1.807, 2.05) is 12.1 Å². The summed E-state index contributed by atoms with van der Waals surface area (Å²) in [5.74, 6) is 1.07. The minimum atomic E-state index is -0.816. The lowest BCUT2D eigenvalue weighted by Crippen LogP contribution is -2.51. The van der Waals surface area contributed by atoms with Gasteiger partial charge >= 0.3 is 6.03 Å². The lowest BCUT2D eigenvalue weighted by Gasteiger charge is -2.32. The van der Waals surface area contributed by atoms with E-state index >= 15 is 0 Å². The standard InChI is InChI=1S/C14H16N2O4/c1-19-10-5-8-3-4-14(12(17)15-13(18)16-14)7-9(8)6-11(10)20-2/h5-6H,3-4,7H2,1-2H3,(H2,15,16,17,18). The summed E-state index contributed by atoms with van der Waals surface area (Å²) in [6, 6.07) is 3.40. The Morgan fingerprint density at radius 1 is 1.10 bits per heavy atom. The zero-order valence-corrected chi connectivity index (χ0v) is 11.4. The van der Waals surface area contributed by atoms with Crippen LogP contribution in [0.3, 0.4) is 0 Å². The number of ether oxygens (including phenoxy) is 2. The Kier molecular flexibility index (Phi) is 2.81. The molecule has 1 unspecified atom stereocenters. The van der Waals surface area contributed by atoms with Crippen molar-refractivity contribution in [2.45, 2.75) is 24.8 Å². The van der Waals surface area contributed by atoms with Crippen LogP contribution in [0.1, 0.15) is 17.5 Å². The van der Waals surface area contributed by atoms with Gasteiger partial charge in [-0.05, 0) is 36.1 Å². The molecule has 2 N–H and O–H groups in total. The van der Waals surface area contributed by atoms with Gasteiger partial charge in [-0.1, -0.05) is 0 Å². The van der Waals surface area contributed by atoms with Crippen LogP contribution in [0.5, 0.6) is 11.5 Å². The highest BCUT2D eigenvalue weighted by molar-refractivity contribution is 6.07. The number of carbonyl (C=O) groups excluding carboxylic acids is 2. The van der Waals surface area contributed by atoms with Crippen LogP contribution < -0.4 is 20.1 Å². The molecule has 106 valence electrons. The first-order chi connectivity index (χ1) is 9.58. The zero-order chi connectivity index (χ0) is 14.3. The van der Waals surface area contributed by atoms with Gasteiger partial charge in [0.05, 0.1) is 14.2 Å². The van der Waals surface area contributed by atoms with Crippen LogP contribution in [0.2, 0.25) is 0 Å². The fraction of sp³-hybridized carbons (Fsp3) is 0.429. The predicted molar refractivity (Wildman–Crippen MR) is 71.0 cm³/mol. The number of hydrogen-bond donors (Lipinski definition) is 2. The second-order valence-corrected chi connectivity index (χ2v) is 5.14. The molecule has 3 rings (SSSR count). The summed E-state index contributed by atoms with van der Waals surface area (Å²) < 4.78 is 10.6. The molecule has 1 saturated heterocycles. The van der Waals surface area contributed by atoms with Crippen molar-refractivity contribution in [2.75, 3.05) is 14.2 Å². The van der Waals surface area contributed by atoms with Crippen LogP contribution in [-0.4, -0.2) is 31.7 Å². The summed E-state index contributed by atoms with van der Waals surface area (Å²) in [6.07, 6.45) is 1.77. The van der Waals surface area contributed by atoms with Crippen LogP contribution >= 0.6 is 0 Å². The van der Waals surface area contributed by atoms with Gasteiger partial charge in [0.1, 0.15) is 5.54 Å². The van der Waals surface area contributed by atoms with E-state index < -0.39 is 11.6 Å². The number of hydrogen-bond acceptors (Lipinski definition) is 4. The number of benzene rings is 1. The first-order valence-corrected chi connectivity index (χ1v) is 6.45. The Morgan fingerprint density at radius 3 is 2.30 bits per heavy atom. The van der Waals surface area contributed by atoms with E-state index in [9.17, 15) is 9.59 Å². The molecule has 1 spiro atoms. The Morgan fingerprint density at radius 2 is 1.75 bits per heavy atom. The Balaban J connectivity index is 1.99. The number of nitrogens with one attached hydrogen (secondary N) is 2. The van der Waals surface area contributed by atoms with Gasteiger partial charge in [0, 0.05) is 6.42 Å². The molecule has 1 aliphatic heterocycles. The lowest BCUT2D eigenvalue weighted by atomic mass is 9.78. The van der Waals surface area contributed by atoms with Gasteiger partial charge in [0.2, 0.25) is 0 Å². The Hall–Kier alpha value is -2.24. The van der Waals surface area contributed by atoms with Gasteiger partial charge < -0.3 is 14.8 Å². The SMILES string of the molecule is COc1cc2c(cc1OC)CC1(CC2)NC(=O)NC1=O. The molecule has 2 aliphatic rings. The smallest absolute Gasteiger partial charge is 0.322 e. The molecule has 1 fully saturated rings. The topological polar surface area (TPSA) is 76.7 Å². The van der Waals surface area contributed by atoms with Crippen LogP contribution in [0, 0.1) is 0 Å². The maximum atomic E-state index is 12.0. The van der Waals surface area contributed by atoms with E-state index in [1.54, 1.807) is 14.2 Å². The Bertz CT molecular complexity index is 599. The second-order valence-electron chi connectivity index (χ2n) is 5.14. The van der Waals surface area contributed by atoms with Crippen LogP contribution in [-0.2, 0) is 17.6 Å². The van der Waals surface area contributed by atoms with E-state index in [2.05, 4.69) is 10.6 Å². The summed E-state index contributed by atoms with van der Waals surface area (Å²) in [7, 11) is 3.17. The molecule has 6 heteroatoms. The molecule has 0 bridgehead atoms. The number of carbonyl (C=O) groups is 2. The largest absolute Gasteiger partial charge is 0.493 e. The van der Waals surface area contributed by atoms with Gasteiger partial charge in [-0.15, -0.1) is 0 Å². The lowest BCUT2D eigenvalue weighted by molar-refractivity contribution is -0.124. The van der Waals surface area contributed by atoms with E-state index in [1.165, 1.54) is 0 Å². The highest BCUT2D eigenvalue weighted by Gasteiger charge is 2.48. The molecule has 3 amide bonds. The van der Waals surface area contributed by atoms with Crippen LogP contribution in [0.25, 0.3) is 0 Å². The Labute approximate surface area is 116 Å². The van der Waals surface area contributed by atoms with E-state index in [0.717, 1.165) is 11.1 Å². The second kappa shape index (κ2) is 4.40. The summed E-state index contributed by atoms with van der Waals surface area (Å²) in [5, 5.41) is 5.07. The molecule has 1 atom stereocenters. The maximum Gasteiger partial charge on any atom is 0.322 e. The van der Waals surface area contributed by atoms with Crippen molar-refractivity contribution in [2.24, 2.45) is 0 Å². The monoisotopic (exact) mass is 276 g/mol. The van der Waals surface area contributed by atoms with E-state index in [4.69, 9.17) is 9.47 Å². The van der Waals surface area contributed by atoms with Gasteiger partial charge in [-0.25, -0.2) is 4.79 Å².